The first-order chi connectivity index (χ1) is 15.6. The van der Waals surface area contributed by atoms with Crippen LogP contribution in [0.1, 0.15) is 35.4 Å². The van der Waals surface area contributed by atoms with Crippen molar-refractivity contribution in [1.82, 2.24) is 9.80 Å². The highest BCUT2D eigenvalue weighted by atomic mass is 19.1. The smallest absolute Gasteiger partial charge is 0.320 e. The first kappa shape index (κ1) is 16.6. The molecule has 162 valence electrons. The standard InChI is InChI=1S/C24H31FN2O3/c1-16-8-18-12-26(7-6-21(18)30-13-16)23(28)27-14-24(15-27)10-17(11-24)9-19-20(25)4-3-5-22(19)29-2/h3-5,17-18,21H,1,6-15H2,2H3/t18-,21+/m1/s1/i2T3. The van der Waals surface area contributed by atoms with Crippen LogP contribution in [0.3, 0.4) is 0 Å². The van der Waals surface area contributed by atoms with Gasteiger partial charge in [-0.15, -0.1) is 0 Å². The van der Waals surface area contributed by atoms with Crippen molar-refractivity contribution in [3.05, 3.63) is 41.7 Å². The lowest BCUT2D eigenvalue weighted by atomic mass is 9.56. The largest absolute Gasteiger partial charge is 0.496 e. The molecule has 0 radical (unpaired) electrons. The van der Waals surface area contributed by atoms with E-state index in [1.54, 1.807) is 0 Å². The molecule has 5 nitrogen and oxygen atoms in total. The minimum Gasteiger partial charge on any atom is -0.496 e. The SMILES string of the molecule is [3H]C([3H])([3H])Oc1cccc(F)c1CC1CC2(C1)CN(C(=O)N1CC[C@@H]3OCC(=C)C[C@@H]3C1)C2. The molecule has 1 aromatic carbocycles. The van der Waals surface area contributed by atoms with Gasteiger partial charge in [-0.25, -0.2) is 9.18 Å². The molecule has 0 aromatic heterocycles. The molecule has 0 bridgehead atoms. The van der Waals surface area contributed by atoms with Crippen LogP contribution in [0.15, 0.2) is 30.4 Å². The molecule has 3 saturated heterocycles. The van der Waals surface area contributed by atoms with Crippen LogP contribution in [-0.2, 0) is 11.2 Å². The van der Waals surface area contributed by atoms with Crippen LogP contribution in [0.4, 0.5) is 9.18 Å². The van der Waals surface area contributed by atoms with Crippen molar-refractivity contribution >= 4 is 6.03 Å². The van der Waals surface area contributed by atoms with Gasteiger partial charge in [0, 0.05) is 43.1 Å². The Morgan fingerprint density at radius 3 is 3.03 bits per heavy atom. The summed E-state index contributed by atoms with van der Waals surface area (Å²) < 4.78 is 47.3. The molecule has 4 fully saturated rings. The summed E-state index contributed by atoms with van der Waals surface area (Å²) >= 11 is 0. The maximum Gasteiger partial charge on any atom is 0.320 e. The lowest BCUT2D eigenvalue weighted by Crippen LogP contribution is -2.66. The fraction of sp³-hybridized carbons (Fsp3) is 0.625. The molecule has 3 aliphatic heterocycles. The maximum atomic E-state index is 14.4. The number of hydrogen-bond acceptors (Lipinski definition) is 3. The number of rotatable bonds is 3. The first-order valence-corrected chi connectivity index (χ1v) is 10.9. The lowest BCUT2D eigenvalue weighted by Gasteiger charge is -2.60. The third-order valence-electron chi connectivity index (χ3n) is 7.43. The number of halogens is 1. The second-order valence-corrected chi connectivity index (χ2v) is 9.73. The van der Waals surface area contributed by atoms with E-state index in [4.69, 9.17) is 13.6 Å². The molecule has 4 aliphatic rings. The molecule has 2 amide bonds. The second-order valence-electron chi connectivity index (χ2n) is 9.73. The van der Waals surface area contributed by atoms with Crippen molar-refractivity contribution in [2.45, 2.75) is 38.2 Å². The van der Waals surface area contributed by atoms with Crippen LogP contribution in [0, 0.1) is 23.1 Å². The number of nitrogens with zero attached hydrogens (tertiary/aromatic N) is 2. The summed E-state index contributed by atoms with van der Waals surface area (Å²) in [5.41, 5.74) is 1.56. The van der Waals surface area contributed by atoms with Gasteiger partial charge in [-0.3, -0.25) is 0 Å². The highest BCUT2D eigenvalue weighted by Crippen LogP contribution is 2.53. The zero-order valence-corrected chi connectivity index (χ0v) is 17.2. The Labute approximate surface area is 182 Å². The minimum atomic E-state index is -2.61. The van der Waals surface area contributed by atoms with E-state index in [0.29, 0.717) is 24.5 Å². The van der Waals surface area contributed by atoms with Crippen molar-refractivity contribution in [2.24, 2.45) is 17.3 Å². The molecule has 3 heterocycles. The van der Waals surface area contributed by atoms with E-state index < -0.39 is 12.9 Å². The van der Waals surface area contributed by atoms with E-state index in [9.17, 15) is 9.18 Å². The van der Waals surface area contributed by atoms with Gasteiger partial charge in [-0.1, -0.05) is 18.2 Å². The van der Waals surface area contributed by atoms with Gasteiger partial charge in [0.2, 0.25) is 0 Å². The average Bonchev–Trinajstić information content (AvgIpc) is 2.68. The Morgan fingerprint density at radius 2 is 2.23 bits per heavy atom. The van der Waals surface area contributed by atoms with Crippen LogP contribution < -0.4 is 4.74 Å². The number of amides is 2. The molecular weight excluding hydrogens is 383 g/mol. The summed E-state index contributed by atoms with van der Waals surface area (Å²) in [6.45, 7) is 7.63. The number of benzene rings is 1. The maximum absolute atomic E-state index is 14.4. The van der Waals surface area contributed by atoms with Gasteiger partial charge in [0.05, 0.1) is 23.9 Å². The average molecular weight is 421 g/mol. The van der Waals surface area contributed by atoms with Gasteiger partial charge >= 0.3 is 6.03 Å². The van der Waals surface area contributed by atoms with Crippen LogP contribution in [-0.4, -0.2) is 61.8 Å². The number of piperidine rings is 1. The van der Waals surface area contributed by atoms with E-state index in [-0.39, 0.29) is 29.2 Å². The molecular formula is C24H31FN2O3. The molecule has 0 N–H and O–H groups in total. The zero-order valence-electron chi connectivity index (χ0n) is 20.2. The monoisotopic (exact) mass is 420 g/mol. The van der Waals surface area contributed by atoms with Crippen molar-refractivity contribution in [3.8, 4) is 5.75 Å². The molecule has 30 heavy (non-hydrogen) atoms. The minimum absolute atomic E-state index is 0.0964. The Hall–Kier alpha value is -2.08. The molecule has 1 aromatic rings. The van der Waals surface area contributed by atoms with Gasteiger partial charge in [0.1, 0.15) is 11.6 Å². The summed E-state index contributed by atoms with van der Waals surface area (Å²) in [6.07, 6.45) is 4.34. The Kier molecular flexibility index (Phi) is 4.18. The lowest BCUT2D eigenvalue weighted by molar-refractivity contribution is -0.0843. The Bertz CT molecular complexity index is 939. The number of urea groups is 1. The fourth-order valence-electron chi connectivity index (χ4n) is 6.04. The molecule has 1 saturated carbocycles. The fourth-order valence-corrected chi connectivity index (χ4v) is 6.04. The summed E-state index contributed by atoms with van der Waals surface area (Å²) in [4.78, 5) is 16.9. The third kappa shape index (κ3) is 3.49. The molecule has 2 atom stereocenters. The zero-order chi connectivity index (χ0) is 23.4. The Morgan fingerprint density at radius 1 is 1.40 bits per heavy atom. The van der Waals surface area contributed by atoms with Crippen molar-refractivity contribution in [1.29, 1.82) is 0 Å². The van der Waals surface area contributed by atoms with Crippen LogP contribution in [0.5, 0.6) is 5.75 Å². The van der Waals surface area contributed by atoms with Crippen LogP contribution in [0.2, 0.25) is 0 Å². The molecule has 6 heteroatoms. The number of carbonyl (C=O) groups is 1. The molecule has 1 spiro atoms. The highest BCUT2D eigenvalue weighted by Gasteiger charge is 2.54. The normalized spacial score (nSPS) is 29.9. The van der Waals surface area contributed by atoms with Gasteiger partial charge in [0.25, 0.3) is 0 Å². The summed E-state index contributed by atoms with van der Waals surface area (Å²) in [5, 5.41) is 0. The van der Waals surface area contributed by atoms with E-state index in [1.807, 2.05) is 9.80 Å². The van der Waals surface area contributed by atoms with Gasteiger partial charge in [-0.05, 0) is 50.2 Å². The number of likely N-dealkylation sites (tertiary alicyclic amines) is 2. The van der Waals surface area contributed by atoms with Crippen LogP contribution in [0.25, 0.3) is 0 Å². The molecule has 1 aliphatic carbocycles. The predicted octanol–water partition coefficient (Wildman–Crippen LogP) is 3.88. The summed E-state index contributed by atoms with van der Waals surface area (Å²) in [7, 11) is -2.61. The first-order valence-electron chi connectivity index (χ1n) is 12.4. The topological polar surface area (TPSA) is 42.0 Å². The van der Waals surface area contributed by atoms with Gasteiger partial charge in [-0.2, -0.15) is 0 Å². The molecule has 5 rings (SSSR count). The number of carbonyl (C=O) groups excluding carboxylic acids is 1. The van der Waals surface area contributed by atoms with E-state index in [2.05, 4.69) is 6.58 Å². The number of hydrogen-bond donors (Lipinski definition) is 0. The summed E-state index contributed by atoms with van der Waals surface area (Å²) in [5.74, 6) is 0.277. The quantitative estimate of drug-likeness (QED) is 0.697. The Balaban J connectivity index is 1.12. The van der Waals surface area contributed by atoms with E-state index in [0.717, 1.165) is 57.4 Å². The van der Waals surface area contributed by atoms with Crippen molar-refractivity contribution in [3.63, 3.8) is 0 Å². The van der Waals surface area contributed by atoms with E-state index >= 15 is 0 Å². The van der Waals surface area contributed by atoms with E-state index in [1.165, 1.54) is 18.2 Å². The van der Waals surface area contributed by atoms with Crippen LogP contribution >= 0.6 is 0 Å². The van der Waals surface area contributed by atoms with Crippen molar-refractivity contribution < 1.29 is 22.8 Å². The highest BCUT2D eigenvalue weighted by molar-refractivity contribution is 5.76. The van der Waals surface area contributed by atoms with Crippen molar-refractivity contribution in [2.75, 3.05) is 39.8 Å². The number of fused-ring (bicyclic) bond motifs is 1. The third-order valence-corrected chi connectivity index (χ3v) is 7.43. The molecule has 0 unspecified atom stereocenters. The number of ether oxygens (including phenoxy) is 2. The number of methoxy groups -OCH3 is 1. The van der Waals surface area contributed by atoms with Gasteiger partial charge in [0.15, 0.2) is 0 Å². The summed E-state index contributed by atoms with van der Waals surface area (Å²) in [6, 6.07) is 4.44. The van der Waals surface area contributed by atoms with Gasteiger partial charge < -0.3 is 19.3 Å². The second kappa shape index (κ2) is 7.56. The predicted molar refractivity (Wildman–Crippen MR) is 112 cm³/mol.